The fraction of sp³-hybridized carbons (Fsp3) is 0.611. The standard InChI is InChI=1S/C18H25NO4/c1-21-18(20)14-6-8-15(9-7-14)22-12-10-19-11-13-23-17-5-3-2-4-16(17)19/h6-9,16-17H,2-5,10-13H2,1H3/t16-,17+/m1/s1. The van der Waals surface area contributed by atoms with E-state index in [1.165, 1.54) is 32.8 Å². The number of nitrogens with zero attached hydrogens (tertiary/aromatic N) is 1. The average Bonchev–Trinajstić information content (AvgIpc) is 2.62. The Morgan fingerprint density at radius 3 is 2.83 bits per heavy atom. The maximum absolute atomic E-state index is 11.4. The highest BCUT2D eigenvalue weighted by Gasteiger charge is 2.33. The number of morpholine rings is 1. The molecule has 1 heterocycles. The van der Waals surface area contributed by atoms with Crippen molar-refractivity contribution in [1.29, 1.82) is 0 Å². The Kier molecular flexibility index (Phi) is 5.51. The lowest BCUT2D eigenvalue weighted by Crippen LogP contribution is -2.53. The van der Waals surface area contributed by atoms with Gasteiger partial charge in [0.2, 0.25) is 0 Å². The molecular weight excluding hydrogens is 294 g/mol. The fourth-order valence-corrected chi connectivity index (χ4v) is 3.54. The summed E-state index contributed by atoms with van der Waals surface area (Å²) < 4.78 is 16.4. The van der Waals surface area contributed by atoms with Gasteiger partial charge in [-0.25, -0.2) is 4.79 Å². The molecular formula is C18H25NO4. The minimum atomic E-state index is -0.326. The van der Waals surface area contributed by atoms with Crippen LogP contribution in [0.4, 0.5) is 0 Å². The molecule has 5 nitrogen and oxygen atoms in total. The third-order valence-electron chi connectivity index (χ3n) is 4.77. The second kappa shape index (κ2) is 7.79. The van der Waals surface area contributed by atoms with E-state index in [9.17, 15) is 4.79 Å². The van der Waals surface area contributed by atoms with Crippen LogP contribution in [0.15, 0.2) is 24.3 Å². The van der Waals surface area contributed by atoms with Crippen molar-refractivity contribution in [2.24, 2.45) is 0 Å². The first-order valence-electron chi connectivity index (χ1n) is 8.45. The smallest absolute Gasteiger partial charge is 0.337 e. The van der Waals surface area contributed by atoms with Crippen LogP contribution in [0.25, 0.3) is 0 Å². The number of methoxy groups -OCH3 is 1. The average molecular weight is 319 g/mol. The third-order valence-corrected chi connectivity index (χ3v) is 4.77. The van der Waals surface area contributed by atoms with Crippen LogP contribution in [0.1, 0.15) is 36.0 Å². The minimum Gasteiger partial charge on any atom is -0.492 e. The maximum atomic E-state index is 11.4. The maximum Gasteiger partial charge on any atom is 0.337 e. The van der Waals surface area contributed by atoms with E-state index >= 15 is 0 Å². The van der Waals surface area contributed by atoms with Crippen LogP contribution in [0.5, 0.6) is 5.75 Å². The number of carbonyl (C=O) groups is 1. The molecule has 0 spiro atoms. The Hall–Kier alpha value is -1.59. The number of esters is 1. The first-order valence-corrected chi connectivity index (χ1v) is 8.45. The summed E-state index contributed by atoms with van der Waals surface area (Å²) in [6.45, 7) is 3.39. The first-order chi connectivity index (χ1) is 11.3. The molecule has 1 saturated carbocycles. The molecule has 2 atom stereocenters. The first kappa shape index (κ1) is 16.3. The normalized spacial score (nSPS) is 24.7. The third kappa shape index (κ3) is 4.03. The zero-order valence-corrected chi connectivity index (χ0v) is 13.7. The molecule has 1 aliphatic heterocycles. The molecule has 0 radical (unpaired) electrons. The van der Waals surface area contributed by atoms with Gasteiger partial charge in [-0.05, 0) is 37.1 Å². The lowest BCUT2D eigenvalue weighted by Gasteiger charge is -2.43. The molecule has 126 valence electrons. The molecule has 0 N–H and O–H groups in total. The summed E-state index contributed by atoms with van der Waals surface area (Å²) in [7, 11) is 1.38. The molecule has 23 heavy (non-hydrogen) atoms. The number of benzene rings is 1. The molecule has 1 aromatic rings. The van der Waals surface area contributed by atoms with E-state index in [1.54, 1.807) is 12.1 Å². The lowest BCUT2D eigenvalue weighted by molar-refractivity contribution is -0.0901. The lowest BCUT2D eigenvalue weighted by atomic mass is 9.90. The van der Waals surface area contributed by atoms with E-state index in [1.807, 2.05) is 12.1 Å². The molecule has 0 bridgehead atoms. The number of fused-ring (bicyclic) bond motifs is 1. The summed E-state index contributed by atoms with van der Waals surface area (Å²) in [4.78, 5) is 13.9. The number of rotatable bonds is 5. The molecule has 0 amide bonds. The van der Waals surface area contributed by atoms with Gasteiger partial charge in [-0.15, -0.1) is 0 Å². The Bertz CT molecular complexity index is 514. The van der Waals surface area contributed by atoms with Crippen molar-refractivity contribution in [3.8, 4) is 5.75 Å². The van der Waals surface area contributed by atoms with Gasteiger partial charge < -0.3 is 14.2 Å². The minimum absolute atomic E-state index is 0.326. The quantitative estimate of drug-likeness (QED) is 0.781. The predicted octanol–water partition coefficient (Wildman–Crippen LogP) is 2.50. The Balaban J connectivity index is 1.48. The van der Waals surface area contributed by atoms with Gasteiger partial charge in [0.25, 0.3) is 0 Å². The summed E-state index contributed by atoms with van der Waals surface area (Å²) in [5.41, 5.74) is 0.540. The summed E-state index contributed by atoms with van der Waals surface area (Å²) in [6.07, 6.45) is 5.43. The Morgan fingerprint density at radius 2 is 2.04 bits per heavy atom. The molecule has 0 aromatic heterocycles. The van der Waals surface area contributed by atoms with Crippen LogP contribution < -0.4 is 4.74 Å². The molecule has 0 unspecified atom stereocenters. The van der Waals surface area contributed by atoms with E-state index in [2.05, 4.69) is 9.64 Å². The number of hydrogen-bond donors (Lipinski definition) is 0. The second-order valence-electron chi connectivity index (χ2n) is 6.16. The molecule has 1 aromatic carbocycles. The van der Waals surface area contributed by atoms with Gasteiger partial charge in [-0.3, -0.25) is 4.90 Å². The molecule has 2 aliphatic rings. The van der Waals surface area contributed by atoms with Crippen LogP contribution in [0, 0.1) is 0 Å². The SMILES string of the molecule is COC(=O)c1ccc(OCCN2CCO[C@H]3CCCC[C@H]32)cc1. The summed E-state index contributed by atoms with van der Waals surface area (Å²) in [5.74, 6) is 0.458. The van der Waals surface area contributed by atoms with Crippen LogP contribution in [0.2, 0.25) is 0 Å². The van der Waals surface area contributed by atoms with Crippen molar-refractivity contribution >= 4 is 5.97 Å². The predicted molar refractivity (Wildman–Crippen MR) is 86.8 cm³/mol. The van der Waals surface area contributed by atoms with Gasteiger partial charge in [-0.2, -0.15) is 0 Å². The van der Waals surface area contributed by atoms with Crippen LogP contribution in [-0.4, -0.2) is 56.4 Å². The van der Waals surface area contributed by atoms with Gasteiger partial charge in [0.05, 0.1) is 25.4 Å². The highest BCUT2D eigenvalue weighted by molar-refractivity contribution is 5.89. The number of carbonyl (C=O) groups excluding carboxylic acids is 1. The molecule has 2 fully saturated rings. The van der Waals surface area contributed by atoms with Crippen molar-refractivity contribution in [3.63, 3.8) is 0 Å². The van der Waals surface area contributed by atoms with Gasteiger partial charge in [0.15, 0.2) is 0 Å². The zero-order valence-electron chi connectivity index (χ0n) is 13.7. The van der Waals surface area contributed by atoms with E-state index < -0.39 is 0 Å². The van der Waals surface area contributed by atoms with Gasteiger partial charge in [0.1, 0.15) is 12.4 Å². The topological polar surface area (TPSA) is 48.0 Å². The fourth-order valence-electron chi connectivity index (χ4n) is 3.54. The van der Waals surface area contributed by atoms with E-state index in [-0.39, 0.29) is 5.97 Å². The number of hydrogen-bond acceptors (Lipinski definition) is 5. The second-order valence-corrected chi connectivity index (χ2v) is 6.16. The molecule has 1 aliphatic carbocycles. The van der Waals surface area contributed by atoms with Gasteiger partial charge in [0, 0.05) is 19.1 Å². The monoisotopic (exact) mass is 319 g/mol. The Morgan fingerprint density at radius 1 is 1.26 bits per heavy atom. The zero-order chi connectivity index (χ0) is 16.1. The van der Waals surface area contributed by atoms with Gasteiger partial charge >= 0.3 is 5.97 Å². The Labute approximate surface area is 137 Å². The van der Waals surface area contributed by atoms with Crippen molar-refractivity contribution in [3.05, 3.63) is 29.8 Å². The van der Waals surface area contributed by atoms with Crippen LogP contribution in [-0.2, 0) is 9.47 Å². The van der Waals surface area contributed by atoms with Crippen molar-refractivity contribution in [2.45, 2.75) is 37.8 Å². The van der Waals surface area contributed by atoms with Crippen molar-refractivity contribution in [2.75, 3.05) is 33.4 Å². The van der Waals surface area contributed by atoms with Crippen LogP contribution >= 0.6 is 0 Å². The van der Waals surface area contributed by atoms with E-state index in [0.29, 0.717) is 24.3 Å². The van der Waals surface area contributed by atoms with E-state index in [0.717, 1.165) is 25.4 Å². The van der Waals surface area contributed by atoms with Crippen molar-refractivity contribution < 1.29 is 19.0 Å². The highest BCUT2D eigenvalue weighted by atomic mass is 16.5. The highest BCUT2D eigenvalue weighted by Crippen LogP contribution is 2.28. The number of ether oxygens (including phenoxy) is 3. The van der Waals surface area contributed by atoms with Gasteiger partial charge in [-0.1, -0.05) is 12.8 Å². The summed E-state index contributed by atoms with van der Waals surface area (Å²) in [5, 5.41) is 0. The van der Waals surface area contributed by atoms with Crippen LogP contribution in [0.3, 0.4) is 0 Å². The molecule has 3 rings (SSSR count). The molecule has 1 saturated heterocycles. The largest absolute Gasteiger partial charge is 0.492 e. The van der Waals surface area contributed by atoms with E-state index in [4.69, 9.17) is 9.47 Å². The molecule has 5 heteroatoms. The van der Waals surface area contributed by atoms with Crippen molar-refractivity contribution in [1.82, 2.24) is 4.90 Å². The summed E-state index contributed by atoms with van der Waals surface area (Å²) >= 11 is 0. The summed E-state index contributed by atoms with van der Waals surface area (Å²) in [6, 6.07) is 7.65.